The maximum absolute atomic E-state index is 12.1. The molecule has 6 heteroatoms. The number of aryl methyl sites for hydroxylation is 1. The molecule has 0 saturated carbocycles. The quantitative estimate of drug-likeness (QED) is 0.903. The number of hydrogen-bond donors (Lipinski definition) is 2. The molecule has 1 aromatic heterocycles. The third kappa shape index (κ3) is 3.21. The highest BCUT2D eigenvalue weighted by molar-refractivity contribution is 9.10. The number of carbonyl (C=O) groups is 2. The van der Waals surface area contributed by atoms with Gasteiger partial charge in [0, 0.05) is 16.9 Å². The number of rotatable bonds is 3. The molecule has 2 rings (SSSR count). The van der Waals surface area contributed by atoms with Crippen LogP contribution >= 0.6 is 15.9 Å². The summed E-state index contributed by atoms with van der Waals surface area (Å²) in [5.41, 5.74) is 1.47. The van der Waals surface area contributed by atoms with Crippen molar-refractivity contribution in [2.75, 3.05) is 5.32 Å². The highest BCUT2D eigenvalue weighted by Crippen LogP contribution is 2.19. The van der Waals surface area contributed by atoms with Crippen LogP contribution in [0, 0.1) is 6.92 Å². The van der Waals surface area contributed by atoms with E-state index >= 15 is 0 Å². The van der Waals surface area contributed by atoms with Gasteiger partial charge in [0.25, 0.3) is 5.91 Å². The van der Waals surface area contributed by atoms with Crippen LogP contribution < -0.4 is 5.32 Å². The number of halogens is 1. The molecule has 1 aromatic carbocycles. The summed E-state index contributed by atoms with van der Waals surface area (Å²) in [7, 11) is 0. The number of aromatic carboxylic acids is 1. The predicted octanol–water partition coefficient (Wildman–Crippen LogP) is 3.10. The molecule has 5 nitrogen and oxygen atoms in total. The lowest BCUT2D eigenvalue weighted by Crippen LogP contribution is -2.15. The molecule has 20 heavy (non-hydrogen) atoms. The first-order valence-corrected chi connectivity index (χ1v) is 6.52. The molecule has 1 amide bonds. The number of aromatic nitrogens is 1. The van der Waals surface area contributed by atoms with E-state index in [4.69, 9.17) is 5.11 Å². The van der Waals surface area contributed by atoms with Gasteiger partial charge in [0.2, 0.25) is 0 Å². The average molecular weight is 335 g/mol. The standard InChI is InChI=1S/C14H11BrN2O3/c1-8-2-3-12(11(4-8)14(19)20)17-13(18)9-5-10(15)7-16-6-9/h2-7H,1H3,(H,17,18)(H,19,20). The summed E-state index contributed by atoms with van der Waals surface area (Å²) in [5.74, 6) is -1.50. The molecule has 0 atom stereocenters. The lowest BCUT2D eigenvalue weighted by atomic mass is 10.1. The molecule has 2 aromatic rings. The summed E-state index contributed by atoms with van der Waals surface area (Å²) in [4.78, 5) is 27.1. The van der Waals surface area contributed by atoms with E-state index in [0.29, 0.717) is 10.0 Å². The van der Waals surface area contributed by atoms with Crippen LogP contribution in [0.2, 0.25) is 0 Å². The van der Waals surface area contributed by atoms with Crippen molar-refractivity contribution in [1.82, 2.24) is 4.98 Å². The van der Waals surface area contributed by atoms with E-state index in [1.165, 1.54) is 12.3 Å². The predicted molar refractivity (Wildman–Crippen MR) is 78.0 cm³/mol. The van der Waals surface area contributed by atoms with Gasteiger partial charge in [-0.15, -0.1) is 0 Å². The summed E-state index contributed by atoms with van der Waals surface area (Å²) in [6.07, 6.45) is 2.97. The van der Waals surface area contributed by atoms with Crippen molar-refractivity contribution in [3.05, 3.63) is 57.8 Å². The van der Waals surface area contributed by atoms with Gasteiger partial charge in [-0.05, 0) is 41.1 Å². The number of nitrogens with zero attached hydrogens (tertiary/aromatic N) is 1. The first kappa shape index (κ1) is 14.2. The van der Waals surface area contributed by atoms with Crippen molar-refractivity contribution < 1.29 is 14.7 Å². The molecule has 102 valence electrons. The molecule has 0 aliphatic rings. The Morgan fingerprint density at radius 2 is 2.00 bits per heavy atom. The van der Waals surface area contributed by atoms with Crippen molar-refractivity contribution >= 4 is 33.5 Å². The number of hydrogen-bond acceptors (Lipinski definition) is 3. The molecule has 0 unspecified atom stereocenters. The van der Waals surface area contributed by atoms with Gasteiger partial charge in [-0.1, -0.05) is 11.6 Å². The largest absolute Gasteiger partial charge is 0.478 e. The molecule has 2 N–H and O–H groups in total. The van der Waals surface area contributed by atoms with Crippen LogP contribution in [0.25, 0.3) is 0 Å². The number of anilines is 1. The highest BCUT2D eigenvalue weighted by atomic mass is 79.9. The van der Waals surface area contributed by atoms with E-state index in [9.17, 15) is 9.59 Å². The van der Waals surface area contributed by atoms with E-state index in [0.717, 1.165) is 5.56 Å². The monoisotopic (exact) mass is 334 g/mol. The molecule has 0 saturated heterocycles. The van der Waals surface area contributed by atoms with Gasteiger partial charge in [-0.25, -0.2) is 4.79 Å². The van der Waals surface area contributed by atoms with Gasteiger partial charge in [0.05, 0.1) is 16.8 Å². The average Bonchev–Trinajstić information content (AvgIpc) is 2.40. The number of nitrogens with one attached hydrogen (secondary N) is 1. The van der Waals surface area contributed by atoms with Gasteiger partial charge in [0.15, 0.2) is 0 Å². The fourth-order valence-electron chi connectivity index (χ4n) is 1.67. The zero-order valence-corrected chi connectivity index (χ0v) is 12.1. The maximum Gasteiger partial charge on any atom is 0.337 e. The molecular weight excluding hydrogens is 324 g/mol. The van der Waals surface area contributed by atoms with Gasteiger partial charge in [-0.2, -0.15) is 0 Å². The van der Waals surface area contributed by atoms with Crippen molar-refractivity contribution in [2.24, 2.45) is 0 Å². The Balaban J connectivity index is 2.30. The van der Waals surface area contributed by atoms with E-state index in [-0.39, 0.29) is 11.3 Å². The molecule has 0 aliphatic heterocycles. The summed E-state index contributed by atoms with van der Waals surface area (Å²) in [5, 5.41) is 11.7. The Morgan fingerprint density at radius 3 is 2.65 bits per heavy atom. The highest BCUT2D eigenvalue weighted by Gasteiger charge is 2.14. The first-order valence-electron chi connectivity index (χ1n) is 5.73. The van der Waals surface area contributed by atoms with Crippen molar-refractivity contribution in [3.8, 4) is 0 Å². The Kier molecular flexibility index (Phi) is 4.14. The van der Waals surface area contributed by atoms with Crippen LogP contribution in [-0.4, -0.2) is 22.0 Å². The summed E-state index contributed by atoms with van der Waals surface area (Å²) in [6.45, 7) is 1.79. The van der Waals surface area contributed by atoms with Crippen LogP contribution in [-0.2, 0) is 0 Å². The smallest absolute Gasteiger partial charge is 0.337 e. The van der Waals surface area contributed by atoms with Gasteiger partial charge in [-0.3, -0.25) is 9.78 Å². The van der Waals surface area contributed by atoms with E-state index in [2.05, 4.69) is 26.2 Å². The minimum atomic E-state index is -1.09. The van der Waals surface area contributed by atoms with Gasteiger partial charge in [0.1, 0.15) is 0 Å². The number of benzene rings is 1. The lowest BCUT2D eigenvalue weighted by Gasteiger charge is -2.09. The zero-order valence-electron chi connectivity index (χ0n) is 10.6. The number of carboxylic acids is 1. The fourth-order valence-corrected chi connectivity index (χ4v) is 2.04. The SMILES string of the molecule is Cc1ccc(NC(=O)c2cncc(Br)c2)c(C(=O)O)c1. The molecular formula is C14H11BrN2O3. The van der Waals surface area contributed by atoms with E-state index in [1.807, 2.05) is 0 Å². The Labute approximate surface area is 123 Å². The van der Waals surface area contributed by atoms with Crippen LogP contribution in [0.4, 0.5) is 5.69 Å². The lowest BCUT2D eigenvalue weighted by molar-refractivity contribution is 0.0698. The van der Waals surface area contributed by atoms with E-state index < -0.39 is 11.9 Å². The third-order valence-electron chi connectivity index (χ3n) is 2.62. The van der Waals surface area contributed by atoms with Crippen LogP contribution in [0.1, 0.15) is 26.3 Å². The Morgan fingerprint density at radius 1 is 1.25 bits per heavy atom. The zero-order chi connectivity index (χ0) is 14.7. The van der Waals surface area contributed by atoms with Gasteiger partial charge < -0.3 is 10.4 Å². The number of carbonyl (C=O) groups excluding carboxylic acids is 1. The molecule has 0 fully saturated rings. The molecule has 1 heterocycles. The number of amides is 1. The fraction of sp³-hybridized carbons (Fsp3) is 0.0714. The molecule has 0 aliphatic carbocycles. The Hall–Kier alpha value is -2.21. The van der Waals surface area contributed by atoms with Gasteiger partial charge >= 0.3 is 5.97 Å². The van der Waals surface area contributed by atoms with Crippen molar-refractivity contribution in [1.29, 1.82) is 0 Å². The summed E-state index contributed by atoms with van der Waals surface area (Å²) >= 11 is 3.23. The third-order valence-corrected chi connectivity index (χ3v) is 3.05. The summed E-state index contributed by atoms with van der Waals surface area (Å²) in [6, 6.07) is 6.43. The minimum Gasteiger partial charge on any atom is -0.478 e. The Bertz CT molecular complexity index is 686. The maximum atomic E-state index is 12.1. The second-order valence-electron chi connectivity index (χ2n) is 4.20. The van der Waals surface area contributed by atoms with Crippen molar-refractivity contribution in [3.63, 3.8) is 0 Å². The minimum absolute atomic E-state index is 0.0568. The molecule has 0 spiro atoms. The first-order chi connectivity index (χ1) is 9.47. The van der Waals surface area contributed by atoms with Crippen LogP contribution in [0.5, 0.6) is 0 Å². The number of carboxylic acid groups (broad SMARTS) is 1. The second-order valence-corrected chi connectivity index (χ2v) is 5.12. The van der Waals surface area contributed by atoms with Crippen LogP contribution in [0.15, 0.2) is 41.1 Å². The van der Waals surface area contributed by atoms with Crippen LogP contribution in [0.3, 0.4) is 0 Å². The normalized spacial score (nSPS) is 10.1. The van der Waals surface area contributed by atoms with E-state index in [1.54, 1.807) is 31.3 Å². The summed E-state index contributed by atoms with van der Waals surface area (Å²) < 4.78 is 0.674. The topological polar surface area (TPSA) is 79.3 Å². The second kappa shape index (κ2) is 5.83. The molecule has 0 radical (unpaired) electrons. The number of pyridine rings is 1. The van der Waals surface area contributed by atoms with Crippen molar-refractivity contribution in [2.45, 2.75) is 6.92 Å². The molecule has 0 bridgehead atoms.